The normalized spacial score (nSPS) is 15.4. The van der Waals surface area contributed by atoms with Crippen molar-refractivity contribution in [1.29, 1.82) is 0 Å². The van der Waals surface area contributed by atoms with Gasteiger partial charge in [0.1, 0.15) is 5.76 Å². The third-order valence-corrected chi connectivity index (χ3v) is 5.37. The van der Waals surface area contributed by atoms with Crippen molar-refractivity contribution < 1.29 is 28.3 Å². The molecule has 0 aliphatic carbocycles. The molecule has 3 rings (SSSR count). The number of benzene rings is 1. The predicted octanol–water partition coefficient (Wildman–Crippen LogP) is 2.37. The number of ether oxygens (including phenoxy) is 3. The molecular formula is C23H31N3O6. The van der Waals surface area contributed by atoms with Crippen LogP contribution in [-0.4, -0.2) is 68.4 Å². The molecule has 9 nitrogen and oxygen atoms in total. The lowest BCUT2D eigenvalue weighted by Crippen LogP contribution is -2.40. The summed E-state index contributed by atoms with van der Waals surface area (Å²) >= 11 is 0. The Labute approximate surface area is 188 Å². The highest BCUT2D eigenvalue weighted by atomic mass is 16.5. The van der Waals surface area contributed by atoms with Crippen LogP contribution in [0.4, 0.5) is 0 Å². The van der Waals surface area contributed by atoms with Crippen molar-refractivity contribution in [2.45, 2.75) is 38.7 Å². The molecule has 1 atom stereocenters. The van der Waals surface area contributed by atoms with Gasteiger partial charge in [0.25, 0.3) is 5.91 Å². The Hall–Kier alpha value is -3.07. The first kappa shape index (κ1) is 23.6. The molecule has 1 aromatic heterocycles. The van der Waals surface area contributed by atoms with Gasteiger partial charge in [-0.15, -0.1) is 0 Å². The number of amides is 2. The van der Waals surface area contributed by atoms with E-state index in [9.17, 15) is 9.59 Å². The molecule has 174 valence electrons. The highest BCUT2D eigenvalue weighted by Gasteiger charge is 2.25. The number of hydrogen-bond acceptors (Lipinski definition) is 7. The largest absolute Gasteiger partial charge is 0.493 e. The van der Waals surface area contributed by atoms with Gasteiger partial charge in [0, 0.05) is 38.7 Å². The molecule has 32 heavy (non-hydrogen) atoms. The number of methoxy groups -OCH3 is 2. The van der Waals surface area contributed by atoms with E-state index >= 15 is 0 Å². The van der Waals surface area contributed by atoms with E-state index in [1.165, 1.54) is 0 Å². The van der Waals surface area contributed by atoms with E-state index in [4.69, 9.17) is 18.7 Å². The van der Waals surface area contributed by atoms with Crippen molar-refractivity contribution in [3.8, 4) is 11.5 Å². The predicted molar refractivity (Wildman–Crippen MR) is 117 cm³/mol. The van der Waals surface area contributed by atoms with Crippen LogP contribution in [0.2, 0.25) is 0 Å². The lowest BCUT2D eigenvalue weighted by molar-refractivity contribution is -0.121. The lowest BCUT2D eigenvalue weighted by Gasteiger charge is -2.24. The third-order valence-electron chi connectivity index (χ3n) is 5.37. The van der Waals surface area contributed by atoms with E-state index in [1.54, 1.807) is 32.1 Å². The summed E-state index contributed by atoms with van der Waals surface area (Å²) in [6.07, 6.45) is 2.72. The van der Waals surface area contributed by atoms with Gasteiger partial charge < -0.3 is 29.0 Å². The van der Waals surface area contributed by atoms with Gasteiger partial charge in [-0.25, -0.2) is 0 Å². The number of hydrogen-bond donors (Lipinski definition) is 1. The summed E-state index contributed by atoms with van der Waals surface area (Å²) in [7, 11) is 3.18. The maximum absolute atomic E-state index is 12.9. The molecule has 1 aliphatic rings. The van der Waals surface area contributed by atoms with Crippen LogP contribution < -0.4 is 14.8 Å². The van der Waals surface area contributed by atoms with Gasteiger partial charge in [-0.05, 0) is 43.9 Å². The Morgan fingerprint density at radius 2 is 2.03 bits per heavy atom. The molecule has 2 heterocycles. The zero-order valence-electron chi connectivity index (χ0n) is 18.9. The molecule has 1 aromatic carbocycles. The zero-order valence-corrected chi connectivity index (χ0v) is 18.9. The zero-order chi connectivity index (χ0) is 22.9. The Morgan fingerprint density at radius 1 is 1.22 bits per heavy atom. The van der Waals surface area contributed by atoms with Crippen LogP contribution in [0, 0.1) is 6.92 Å². The summed E-state index contributed by atoms with van der Waals surface area (Å²) in [6.45, 7) is 3.64. The van der Waals surface area contributed by atoms with E-state index in [0.29, 0.717) is 43.4 Å². The molecule has 1 fully saturated rings. The van der Waals surface area contributed by atoms with Gasteiger partial charge in [-0.2, -0.15) is 0 Å². The maximum Gasteiger partial charge on any atom is 0.276 e. The molecule has 0 saturated carbocycles. The van der Waals surface area contributed by atoms with Gasteiger partial charge >= 0.3 is 0 Å². The second-order valence-corrected chi connectivity index (χ2v) is 7.75. The Morgan fingerprint density at radius 3 is 2.69 bits per heavy atom. The highest BCUT2D eigenvalue weighted by Crippen LogP contribution is 2.27. The van der Waals surface area contributed by atoms with Gasteiger partial charge in [0.2, 0.25) is 5.91 Å². The summed E-state index contributed by atoms with van der Waals surface area (Å²) < 4.78 is 21.3. The van der Waals surface area contributed by atoms with Crippen LogP contribution in [-0.2, 0) is 16.0 Å². The van der Waals surface area contributed by atoms with Crippen molar-refractivity contribution in [1.82, 2.24) is 15.4 Å². The molecule has 0 bridgehead atoms. The topological polar surface area (TPSA) is 103 Å². The van der Waals surface area contributed by atoms with Crippen molar-refractivity contribution in [2.24, 2.45) is 0 Å². The van der Waals surface area contributed by atoms with Crippen molar-refractivity contribution in [3.05, 3.63) is 41.3 Å². The lowest BCUT2D eigenvalue weighted by atomic mass is 10.1. The van der Waals surface area contributed by atoms with Crippen LogP contribution in [0.5, 0.6) is 11.5 Å². The average molecular weight is 446 g/mol. The molecule has 0 radical (unpaired) electrons. The van der Waals surface area contributed by atoms with E-state index in [2.05, 4.69) is 10.5 Å². The average Bonchev–Trinajstić information content (AvgIpc) is 3.47. The molecule has 2 amide bonds. The van der Waals surface area contributed by atoms with Crippen molar-refractivity contribution in [3.63, 3.8) is 0 Å². The van der Waals surface area contributed by atoms with Crippen LogP contribution in [0.3, 0.4) is 0 Å². The summed E-state index contributed by atoms with van der Waals surface area (Å²) in [5, 5.41) is 6.74. The quantitative estimate of drug-likeness (QED) is 0.566. The van der Waals surface area contributed by atoms with Gasteiger partial charge in [0.05, 0.1) is 20.3 Å². The van der Waals surface area contributed by atoms with Crippen LogP contribution in [0.25, 0.3) is 0 Å². The number of nitrogens with zero attached hydrogens (tertiary/aromatic N) is 2. The molecule has 2 aromatic rings. The first-order valence-corrected chi connectivity index (χ1v) is 10.8. The minimum Gasteiger partial charge on any atom is -0.493 e. The molecule has 1 N–H and O–H groups in total. The van der Waals surface area contributed by atoms with E-state index in [0.717, 1.165) is 18.4 Å². The number of rotatable bonds is 11. The second kappa shape index (κ2) is 11.5. The minimum absolute atomic E-state index is 0.0138. The fourth-order valence-corrected chi connectivity index (χ4v) is 3.65. The van der Waals surface area contributed by atoms with Crippen molar-refractivity contribution in [2.75, 3.05) is 40.5 Å². The fraction of sp³-hybridized carbons (Fsp3) is 0.522. The number of carbonyl (C=O) groups excluding carboxylic acids is 2. The number of carbonyl (C=O) groups is 2. The first-order chi connectivity index (χ1) is 15.5. The Kier molecular flexibility index (Phi) is 8.49. The fourth-order valence-electron chi connectivity index (χ4n) is 3.65. The molecule has 0 spiro atoms. The third kappa shape index (κ3) is 6.46. The van der Waals surface area contributed by atoms with Crippen LogP contribution >= 0.6 is 0 Å². The van der Waals surface area contributed by atoms with Gasteiger partial charge in [-0.3, -0.25) is 9.59 Å². The smallest absolute Gasteiger partial charge is 0.276 e. The highest BCUT2D eigenvalue weighted by molar-refractivity contribution is 5.92. The van der Waals surface area contributed by atoms with Crippen molar-refractivity contribution >= 4 is 11.8 Å². The summed E-state index contributed by atoms with van der Waals surface area (Å²) in [5.41, 5.74) is 1.27. The molecule has 9 heteroatoms. The number of aromatic nitrogens is 1. The number of aryl methyl sites for hydroxylation is 1. The molecule has 1 aliphatic heterocycles. The number of nitrogens with one attached hydrogen (secondary N) is 1. The first-order valence-electron chi connectivity index (χ1n) is 10.8. The Bertz CT molecular complexity index is 907. The standard InChI is InChI=1S/C23H31N3O6/c1-16-13-19(25-32-16)23(28)26(15-18-5-4-12-31-18)11-9-22(27)24-10-8-17-6-7-20(29-2)21(14-17)30-3/h6-7,13-14,18H,4-5,8-12,15H2,1-3H3,(H,24,27). The summed E-state index contributed by atoms with van der Waals surface area (Å²) in [6, 6.07) is 7.28. The second-order valence-electron chi connectivity index (χ2n) is 7.75. The van der Waals surface area contributed by atoms with E-state index < -0.39 is 0 Å². The summed E-state index contributed by atoms with van der Waals surface area (Å²) in [4.78, 5) is 26.9. The molecular weight excluding hydrogens is 414 g/mol. The molecule has 1 unspecified atom stereocenters. The van der Waals surface area contributed by atoms with E-state index in [-0.39, 0.29) is 36.6 Å². The molecule has 1 saturated heterocycles. The minimum atomic E-state index is -0.254. The Balaban J connectivity index is 1.50. The van der Waals surface area contributed by atoms with Gasteiger partial charge in [0.15, 0.2) is 17.2 Å². The summed E-state index contributed by atoms with van der Waals surface area (Å²) in [5.74, 6) is 1.52. The van der Waals surface area contributed by atoms with E-state index in [1.807, 2.05) is 18.2 Å². The maximum atomic E-state index is 12.9. The monoisotopic (exact) mass is 445 g/mol. The van der Waals surface area contributed by atoms with Crippen LogP contribution in [0.1, 0.15) is 41.1 Å². The van der Waals surface area contributed by atoms with Crippen LogP contribution in [0.15, 0.2) is 28.8 Å². The SMILES string of the molecule is COc1ccc(CCNC(=O)CCN(CC2CCCO2)C(=O)c2cc(C)on2)cc1OC. The van der Waals surface area contributed by atoms with Gasteiger partial charge in [-0.1, -0.05) is 11.2 Å².